The number of hydrazone groups is 1. The maximum absolute atomic E-state index is 15.1. The minimum Gasteiger partial charge on any atom is -0.507 e. The van der Waals surface area contributed by atoms with Gasteiger partial charge < -0.3 is 24.6 Å². The number of aromatic carboxylic acids is 1. The number of phenolic OH excluding ortho intramolecular Hbond substituents is 1. The van der Waals surface area contributed by atoms with Gasteiger partial charge in [-0.15, -0.1) is 0 Å². The fourth-order valence-corrected chi connectivity index (χ4v) is 4.38. The van der Waals surface area contributed by atoms with E-state index in [0.29, 0.717) is 42.9 Å². The van der Waals surface area contributed by atoms with Crippen molar-refractivity contribution in [2.45, 2.75) is 18.9 Å². The molecule has 2 amide bonds. The van der Waals surface area contributed by atoms with Crippen LogP contribution in [0.3, 0.4) is 0 Å². The van der Waals surface area contributed by atoms with Gasteiger partial charge in [0.05, 0.1) is 17.4 Å². The Morgan fingerprint density at radius 1 is 1.11 bits per heavy atom. The molecule has 1 aliphatic carbocycles. The molecule has 36 heavy (non-hydrogen) atoms. The van der Waals surface area contributed by atoms with Crippen LogP contribution in [0.5, 0.6) is 5.75 Å². The van der Waals surface area contributed by atoms with Crippen molar-refractivity contribution < 1.29 is 24.2 Å². The summed E-state index contributed by atoms with van der Waals surface area (Å²) in [6.07, 6.45) is 4.43. The van der Waals surface area contributed by atoms with E-state index in [4.69, 9.17) is 0 Å². The molecule has 2 fully saturated rings. The van der Waals surface area contributed by atoms with Gasteiger partial charge in [0, 0.05) is 49.4 Å². The number of phenols is 1. The summed E-state index contributed by atoms with van der Waals surface area (Å²) < 4.78 is 16.9. The minimum atomic E-state index is -1.33. The molecule has 1 aliphatic heterocycles. The number of nitrogens with zero attached hydrogens (tertiary/aromatic N) is 4. The number of urea groups is 1. The number of nitrogens with one attached hydrogen (secondary N) is 1. The van der Waals surface area contributed by atoms with Crippen molar-refractivity contribution in [3.05, 3.63) is 69.8 Å². The number of aromatic nitrogens is 1. The fraction of sp³-hybridized carbons (Fsp3) is 0.280. The van der Waals surface area contributed by atoms with E-state index >= 15 is 4.39 Å². The zero-order chi connectivity index (χ0) is 25.4. The van der Waals surface area contributed by atoms with Crippen molar-refractivity contribution in [3.63, 3.8) is 0 Å². The minimum absolute atomic E-state index is 0.0448. The van der Waals surface area contributed by atoms with E-state index in [0.717, 1.165) is 18.9 Å². The van der Waals surface area contributed by atoms with Crippen LogP contribution in [0.2, 0.25) is 0 Å². The largest absolute Gasteiger partial charge is 0.507 e. The first-order chi connectivity index (χ1) is 17.3. The van der Waals surface area contributed by atoms with Crippen molar-refractivity contribution in [2.24, 2.45) is 5.10 Å². The van der Waals surface area contributed by atoms with Crippen LogP contribution in [0.4, 0.5) is 14.9 Å². The third-order valence-corrected chi connectivity index (χ3v) is 6.48. The smallest absolute Gasteiger partial charge is 0.341 e. The number of anilines is 1. The highest BCUT2D eigenvalue weighted by atomic mass is 19.1. The molecule has 5 rings (SSSR count). The van der Waals surface area contributed by atoms with Gasteiger partial charge in [-0.25, -0.2) is 19.4 Å². The Morgan fingerprint density at radius 2 is 1.83 bits per heavy atom. The van der Waals surface area contributed by atoms with Crippen molar-refractivity contribution >= 4 is 34.8 Å². The number of piperazine rings is 1. The zero-order valence-electron chi connectivity index (χ0n) is 19.2. The van der Waals surface area contributed by atoms with Gasteiger partial charge in [0.25, 0.3) is 0 Å². The van der Waals surface area contributed by atoms with Crippen LogP contribution < -0.4 is 15.8 Å². The molecule has 0 unspecified atom stereocenters. The molecule has 0 bridgehead atoms. The molecular formula is C25H24FN5O5. The number of halogens is 1. The molecule has 2 aromatic carbocycles. The van der Waals surface area contributed by atoms with Crippen molar-refractivity contribution in [2.75, 3.05) is 31.1 Å². The Hall–Kier alpha value is -4.41. The highest BCUT2D eigenvalue weighted by Gasteiger charge is 2.29. The fourth-order valence-electron chi connectivity index (χ4n) is 4.38. The molecule has 2 aliphatic rings. The lowest BCUT2D eigenvalue weighted by Crippen LogP contribution is -2.51. The maximum atomic E-state index is 15.1. The number of aromatic hydroxyl groups is 1. The van der Waals surface area contributed by atoms with Crippen molar-refractivity contribution in [1.82, 2.24) is 14.9 Å². The number of hydrogen-bond acceptors (Lipinski definition) is 6. The van der Waals surface area contributed by atoms with Gasteiger partial charge >= 0.3 is 12.0 Å². The number of rotatable bonds is 5. The number of carbonyl (C=O) groups excluding carboxylic acids is 1. The first-order valence-corrected chi connectivity index (χ1v) is 11.6. The lowest BCUT2D eigenvalue weighted by molar-refractivity contribution is 0.0694. The van der Waals surface area contributed by atoms with E-state index in [1.54, 1.807) is 38.6 Å². The molecule has 2 heterocycles. The highest BCUT2D eigenvalue weighted by Crippen LogP contribution is 2.38. The molecule has 0 atom stereocenters. The SMILES string of the molecule is O=C(O)c1cn(C2CC2)c2cc(N3CCN(C(=O)N/N=C/c4ccccc4O)CC3)c(F)cc2c1=O. The molecule has 1 saturated heterocycles. The Balaban J connectivity index is 1.31. The topological polar surface area (TPSA) is 127 Å². The summed E-state index contributed by atoms with van der Waals surface area (Å²) in [6, 6.07) is 8.99. The van der Waals surface area contributed by atoms with Gasteiger partial charge in [0.15, 0.2) is 0 Å². The second-order valence-electron chi connectivity index (χ2n) is 8.84. The summed E-state index contributed by atoms with van der Waals surface area (Å²) >= 11 is 0. The summed E-state index contributed by atoms with van der Waals surface area (Å²) in [5, 5.41) is 23.1. The van der Waals surface area contributed by atoms with E-state index in [1.807, 2.05) is 0 Å². The first-order valence-electron chi connectivity index (χ1n) is 11.6. The quantitative estimate of drug-likeness (QED) is 0.371. The molecule has 0 radical (unpaired) electrons. The van der Waals surface area contributed by atoms with Crippen LogP contribution >= 0.6 is 0 Å². The van der Waals surface area contributed by atoms with E-state index in [1.165, 1.54) is 18.5 Å². The number of amides is 2. The molecule has 186 valence electrons. The Kier molecular flexibility index (Phi) is 6.05. The zero-order valence-corrected chi connectivity index (χ0v) is 19.2. The van der Waals surface area contributed by atoms with Crippen molar-refractivity contribution in [3.8, 4) is 5.75 Å². The predicted molar refractivity (Wildman–Crippen MR) is 131 cm³/mol. The molecule has 3 N–H and O–H groups in total. The molecule has 1 saturated carbocycles. The van der Waals surface area contributed by atoms with Crippen LogP contribution in [0, 0.1) is 5.82 Å². The highest BCUT2D eigenvalue weighted by molar-refractivity contribution is 5.93. The Morgan fingerprint density at radius 3 is 2.50 bits per heavy atom. The van der Waals surface area contributed by atoms with E-state index < -0.39 is 23.2 Å². The molecule has 11 heteroatoms. The maximum Gasteiger partial charge on any atom is 0.341 e. The number of fused-ring (bicyclic) bond motifs is 1. The van der Waals surface area contributed by atoms with Gasteiger partial charge in [-0.2, -0.15) is 5.10 Å². The van der Waals surface area contributed by atoms with Gasteiger partial charge in [0.1, 0.15) is 17.1 Å². The number of carboxylic acids is 1. The van der Waals surface area contributed by atoms with Crippen LogP contribution in [-0.4, -0.2) is 64.1 Å². The second-order valence-corrected chi connectivity index (χ2v) is 8.84. The summed E-state index contributed by atoms with van der Waals surface area (Å²) in [5.41, 5.74) is 2.63. The number of pyridine rings is 1. The number of carboxylic acid groups (broad SMARTS) is 1. The Bertz CT molecular complexity index is 1440. The van der Waals surface area contributed by atoms with Crippen LogP contribution in [0.1, 0.15) is 34.8 Å². The number of carbonyl (C=O) groups is 2. The number of hydrogen-bond donors (Lipinski definition) is 3. The predicted octanol–water partition coefficient (Wildman–Crippen LogP) is 2.75. The van der Waals surface area contributed by atoms with E-state index in [9.17, 15) is 24.6 Å². The molecule has 1 aromatic heterocycles. The van der Waals surface area contributed by atoms with Gasteiger partial charge in [0.2, 0.25) is 5.43 Å². The first kappa shape index (κ1) is 23.3. The number of benzene rings is 2. The summed E-state index contributed by atoms with van der Waals surface area (Å²) in [7, 11) is 0. The molecule has 10 nitrogen and oxygen atoms in total. The Labute approximate surface area is 204 Å². The second kappa shape index (κ2) is 9.33. The van der Waals surface area contributed by atoms with E-state index in [2.05, 4.69) is 10.5 Å². The van der Waals surface area contributed by atoms with Gasteiger partial charge in [-0.05, 0) is 37.1 Å². The normalized spacial score (nSPS) is 16.0. The lowest BCUT2D eigenvalue weighted by atomic mass is 10.1. The summed E-state index contributed by atoms with van der Waals surface area (Å²) in [5.74, 6) is -1.90. The van der Waals surface area contributed by atoms with Crippen LogP contribution in [0.15, 0.2) is 52.5 Å². The van der Waals surface area contributed by atoms with Crippen LogP contribution in [-0.2, 0) is 0 Å². The summed E-state index contributed by atoms with van der Waals surface area (Å²) in [6.45, 7) is 1.37. The summed E-state index contributed by atoms with van der Waals surface area (Å²) in [4.78, 5) is 40.0. The lowest BCUT2D eigenvalue weighted by Gasteiger charge is -2.36. The number of para-hydroxylation sites is 1. The molecule has 0 spiro atoms. The van der Waals surface area contributed by atoms with Gasteiger partial charge in [-0.3, -0.25) is 4.79 Å². The average Bonchev–Trinajstić information content (AvgIpc) is 3.71. The standard InChI is InChI=1S/C25H24FN5O5/c26-19-11-17-20(31(16-5-6-16)14-18(23(17)33)24(34)35)12-21(19)29-7-9-30(10-8-29)25(36)28-27-13-15-3-1-2-4-22(15)32/h1-4,11-14,16,32H,5-10H2,(H,28,36)(H,34,35)/b27-13+. The monoisotopic (exact) mass is 493 g/mol. The molecule has 3 aromatic rings. The molecular weight excluding hydrogens is 469 g/mol. The van der Waals surface area contributed by atoms with Gasteiger partial charge in [-0.1, -0.05) is 12.1 Å². The van der Waals surface area contributed by atoms with Crippen molar-refractivity contribution in [1.29, 1.82) is 0 Å². The third kappa shape index (κ3) is 4.47. The van der Waals surface area contributed by atoms with Crippen LogP contribution in [0.25, 0.3) is 10.9 Å². The third-order valence-electron chi connectivity index (χ3n) is 6.48. The van der Waals surface area contributed by atoms with E-state index in [-0.39, 0.29) is 22.7 Å². The average molecular weight is 493 g/mol.